The number of fused-ring (bicyclic) bond motifs is 1. The minimum Gasteiger partial charge on any atom is -0.461 e. The standard InChI is InChI=1S/C13H22N6O/c1-8(2)20-13-17-11(14)16-12(18-13)15-9-5-7-19-6-3-4-10(9)19/h8-10H,3-7H2,1-2H3,(H3,14,15,16,17,18). The largest absolute Gasteiger partial charge is 0.461 e. The third-order valence-electron chi connectivity index (χ3n) is 3.89. The third kappa shape index (κ3) is 2.77. The molecule has 0 spiro atoms. The highest BCUT2D eigenvalue weighted by molar-refractivity contribution is 5.34. The average molecular weight is 278 g/mol. The molecule has 1 aromatic rings. The third-order valence-corrected chi connectivity index (χ3v) is 3.89. The van der Waals surface area contributed by atoms with Crippen LogP contribution in [0.3, 0.4) is 0 Å². The molecule has 0 aromatic carbocycles. The highest BCUT2D eigenvalue weighted by Gasteiger charge is 2.37. The number of nitrogens with one attached hydrogen (secondary N) is 1. The summed E-state index contributed by atoms with van der Waals surface area (Å²) >= 11 is 0. The van der Waals surface area contributed by atoms with Crippen LogP contribution in [0.4, 0.5) is 11.9 Å². The monoisotopic (exact) mass is 278 g/mol. The highest BCUT2D eigenvalue weighted by atomic mass is 16.5. The summed E-state index contributed by atoms with van der Waals surface area (Å²) in [5.41, 5.74) is 5.72. The summed E-state index contributed by atoms with van der Waals surface area (Å²) in [6.45, 7) is 6.23. The lowest BCUT2D eigenvalue weighted by Gasteiger charge is -2.21. The quantitative estimate of drug-likeness (QED) is 0.845. The fraction of sp³-hybridized carbons (Fsp3) is 0.769. The van der Waals surface area contributed by atoms with Crippen LogP contribution in [0.1, 0.15) is 33.1 Å². The maximum absolute atomic E-state index is 5.72. The first kappa shape index (κ1) is 13.4. The molecule has 0 radical (unpaired) electrons. The van der Waals surface area contributed by atoms with Crippen LogP contribution in [0.25, 0.3) is 0 Å². The van der Waals surface area contributed by atoms with Crippen LogP contribution < -0.4 is 15.8 Å². The lowest BCUT2D eigenvalue weighted by atomic mass is 10.1. The van der Waals surface area contributed by atoms with Gasteiger partial charge in [0.15, 0.2) is 0 Å². The molecule has 1 aromatic heterocycles. The number of aromatic nitrogens is 3. The highest BCUT2D eigenvalue weighted by Crippen LogP contribution is 2.29. The van der Waals surface area contributed by atoms with Gasteiger partial charge in [-0.3, -0.25) is 4.90 Å². The summed E-state index contributed by atoms with van der Waals surface area (Å²) in [5.74, 6) is 0.714. The molecular weight excluding hydrogens is 256 g/mol. The van der Waals surface area contributed by atoms with Crippen LogP contribution in [0, 0.1) is 0 Å². The molecule has 2 fully saturated rings. The molecule has 110 valence electrons. The van der Waals surface area contributed by atoms with Crippen molar-refractivity contribution in [1.82, 2.24) is 19.9 Å². The molecule has 0 saturated carbocycles. The molecule has 2 aliphatic heterocycles. The molecule has 3 heterocycles. The predicted molar refractivity (Wildman–Crippen MR) is 76.6 cm³/mol. The van der Waals surface area contributed by atoms with Gasteiger partial charge >= 0.3 is 6.01 Å². The minimum atomic E-state index is 0.0152. The molecule has 0 amide bonds. The van der Waals surface area contributed by atoms with Gasteiger partial charge in [-0.25, -0.2) is 0 Å². The fourth-order valence-corrected chi connectivity index (χ4v) is 3.12. The lowest BCUT2D eigenvalue weighted by molar-refractivity contribution is 0.222. The Labute approximate surface area is 118 Å². The molecule has 3 N–H and O–H groups in total. The van der Waals surface area contributed by atoms with E-state index in [1.807, 2.05) is 13.8 Å². The number of rotatable bonds is 4. The second-order valence-corrected chi connectivity index (χ2v) is 5.75. The number of nitrogens with two attached hydrogens (primary N) is 1. The van der Waals surface area contributed by atoms with Crippen molar-refractivity contribution in [3.63, 3.8) is 0 Å². The molecule has 3 rings (SSSR count). The maximum atomic E-state index is 5.72. The van der Waals surface area contributed by atoms with E-state index in [-0.39, 0.29) is 18.1 Å². The fourth-order valence-electron chi connectivity index (χ4n) is 3.12. The molecule has 20 heavy (non-hydrogen) atoms. The van der Waals surface area contributed by atoms with E-state index in [2.05, 4.69) is 25.2 Å². The number of nitrogens with zero attached hydrogens (tertiary/aromatic N) is 4. The van der Waals surface area contributed by atoms with Gasteiger partial charge in [-0.2, -0.15) is 15.0 Å². The van der Waals surface area contributed by atoms with Crippen LogP contribution in [0.5, 0.6) is 6.01 Å². The van der Waals surface area contributed by atoms with E-state index >= 15 is 0 Å². The molecule has 2 atom stereocenters. The van der Waals surface area contributed by atoms with Crippen LogP contribution in [-0.4, -0.2) is 51.1 Å². The van der Waals surface area contributed by atoms with E-state index in [9.17, 15) is 0 Å². The SMILES string of the molecule is CC(C)Oc1nc(N)nc(NC2CCN3CCCC23)n1. The second kappa shape index (κ2) is 5.40. The number of nitrogen functional groups attached to an aromatic ring is 1. The second-order valence-electron chi connectivity index (χ2n) is 5.75. The van der Waals surface area contributed by atoms with Crippen molar-refractivity contribution in [3.05, 3.63) is 0 Å². The zero-order valence-corrected chi connectivity index (χ0v) is 12.0. The summed E-state index contributed by atoms with van der Waals surface area (Å²) in [4.78, 5) is 15.0. The Morgan fingerprint density at radius 3 is 2.90 bits per heavy atom. The first-order chi connectivity index (χ1) is 9.61. The number of anilines is 2. The Balaban J connectivity index is 1.72. The Hall–Kier alpha value is -1.63. The Morgan fingerprint density at radius 1 is 1.25 bits per heavy atom. The number of hydrogen-bond donors (Lipinski definition) is 2. The zero-order valence-electron chi connectivity index (χ0n) is 12.0. The van der Waals surface area contributed by atoms with Crippen LogP contribution in [-0.2, 0) is 0 Å². The van der Waals surface area contributed by atoms with Crippen molar-refractivity contribution >= 4 is 11.9 Å². The Morgan fingerprint density at radius 2 is 2.10 bits per heavy atom. The average Bonchev–Trinajstić information content (AvgIpc) is 2.92. The minimum absolute atomic E-state index is 0.0152. The van der Waals surface area contributed by atoms with Gasteiger partial charge in [-0.1, -0.05) is 0 Å². The molecule has 2 aliphatic rings. The molecule has 2 saturated heterocycles. The van der Waals surface area contributed by atoms with Crippen molar-refractivity contribution in [2.45, 2.75) is 51.3 Å². The predicted octanol–water partition coefficient (Wildman–Crippen LogP) is 0.890. The molecule has 7 heteroatoms. The lowest BCUT2D eigenvalue weighted by Crippen LogP contribution is -2.34. The van der Waals surface area contributed by atoms with Crippen molar-refractivity contribution in [1.29, 1.82) is 0 Å². The van der Waals surface area contributed by atoms with Gasteiger partial charge in [0, 0.05) is 18.6 Å². The maximum Gasteiger partial charge on any atom is 0.323 e. The van der Waals surface area contributed by atoms with E-state index in [1.165, 1.54) is 19.4 Å². The van der Waals surface area contributed by atoms with Gasteiger partial charge in [0.05, 0.1) is 6.10 Å². The van der Waals surface area contributed by atoms with E-state index in [1.54, 1.807) is 0 Å². The zero-order chi connectivity index (χ0) is 14.1. The molecular formula is C13H22N6O. The van der Waals surface area contributed by atoms with Gasteiger partial charge in [0.1, 0.15) is 0 Å². The van der Waals surface area contributed by atoms with Gasteiger partial charge in [0.2, 0.25) is 11.9 Å². The smallest absolute Gasteiger partial charge is 0.323 e. The Kier molecular flexibility index (Phi) is 3.60. The summed E-state index contributed by atoms with van der Waals surface area (Å²) in [7, 11) is 0. The van der Waals surface area contributed by atoms with Crippen LogP contribution in [0.15, 0.2) is 0 Å². The summed E-state index contributed by atoms with van der Waals surface area (Å²) in [6, 6.07) is 1.28. The summed E-state index contributed by atoms with van der Waals surface area (Å²) < 4.78 is 5.49. The number of ether oxygens (including phenoxy) is 1. The summed E-state index contributed by atoms with van der Waals surface area (Å²) in [6.07, 6.45) is 3.66. The van der Waals surface area contributed by atoms with Gasteiger partial charge in [-0.05, 0) is 39.7 Å². The molecule has 0 bridgehead atoms. The van der Waals surface area contributed by atoms with E-state index < -0.39 is 0 Å². The van der Waals surface area contributed by atoms with E-state index in [4.69, 9.17) is 10.5 Å². The normalized spacial score (nSPS) is 25.9. The molecule has 7 nitrogen and oxygen atoms in total. The van der Waals surface area contributed by atoms with Crippen molar-refractivity contribution in [3.8, 4) is 6.01 Å². The number of hydrogen-bond acceptors (Lipinski definition) is 7. The van der Waals surface area contributed by atoms with Crippen molar-refractivity contribution in [2.75, 3.05) is 24.1 Å². The summed E-state index contributed by atoms with van der Waals surface area (Å²) in [5, 5.41) is 3.40. The first-order valence-corrected chi connectivity index (χ1v) is 7.30. The molecule has 0 aliphatic carbocycles. The Bertz CT molecular complexity index is 480. The first-order valence-electron chi connectivity index (χ1n) is 7.30. The van der Waals surface area contributed by atoms with Gasteiger partial charge < -0.3 is 15.8 Å². The van der Waals surface area contributed by atoms with Crippen LogP contribution >= 0.6 is 0 Å². The van der Waals surface area contributed by atoms with Crippen molar-refractivity contribution < 1.29 is 4.74 Å². The van der Waals surface area contributed by atoms with Gasteiger partial charge in [0.25, 0.3) is 0 Å². The molecule has 2 unspecified atom stereocenters. The van der Waals surface area contributed by atoms with Gasteiger partial charge in [-0.15, -0.1) is 0 Å². The van der Waals surface area contributed by atoms with Crippen LogP contribution in [0.2, 0.25) is 0 Å². The van der Waals surface area contributed by atoms with E-state index in [0.717, 1.165) is 13.0 Å². The topological polar surface area (TPSA) is 89.2 Å². The van der Waals surface area contributed by atoms with Crippen molar-refractivity contribution in [2.24, 2.45) is 0 Å². The van der Waals surface area contributed by atoms with E-state index in [0.29, 0.717) is 18.0 Å².